The molecule has 0 aliphatic heterocycles. The molecule has 3 saturated carbocycles. The topological polar surface area (TPSA) is 20.2 Å². The second-order valence-corrected chi connectivity index (χ2v) is 9.93. The van der Waals surface area contributed by atoms with Crippen LogP contribution < -0.4 is 0 Å². The van der Waals surface area contributed by atoms with E-state index < -0.39 is 0 Å². The molecule has 0 spiro atoms. The van der Waals surface area contributed by atoms with Crippen LogP contribution in [0, 0.1) is 40.4 Å². The van der Waals surface area contributed by atoms with E-state index in [2.05, 4.69) is 33.8 Å². The number of rotatable bonds is 1. The third-order valence-corrected chi connectivity index (χ3v) is 9.12. The summed E-state index contributed by atoms with van der Waals surface area (Å²) in [5.74, 6) is 4.61. The van der Waals surface area contributed by atoms with E-state index in [1.54, 1.807) is 5.57 Å². The first-order valence-corrected chi connectivity index (χ1v) is 10.3. The first kappa shape index (κ1) is 16.2. The zero-order chi connectivity index (χ0) is 16.4. The molecule has 0 amide bonds. The van der Waals surface area contributed by atoms with E-state index in [4.69, 9.17) is 0 Å². The summed E-state index contributed by atoms with van der Waals surface area (Å²) in [5.41, 5.74) is 2.61. The quantitative estimate of drug-likeness (QED) is 0.626. The first-order valence-electron chi connectivity index (χ1n) is 10.3. The van der Waals surface area contributed by atoms with Crippen LogP contribution in [-0.2, 0) is 0 Å². The maximum absolute atomic E-state index is 10.1. The lowest BCUT2D eigenvalue weighted by atomic mass is 9.47. The second kappa shape index (κ2) is 5.35. The molecule has 4 aliphatic rings. The van der Waals surface area contributed by atoms with Crippen molar-refractivity contribution in [2.24, 2.45) is 40.4 Å². The lowest BCUT2D eigenvalue weighted by Gasteiger charge is -2.58. The van der Waals surface area contributed by atoms with Gasteiger partial charge in [0.2, 0.25) is 0 Å². The summed E-state index contributed by atoms with van der Waals surface area (Å²) in [6, 6.07) is 0. The van der Waals surface area contributed by atoms with Crippen molar-refractivity contribution in [1.82, 2.24) is 0 Å². The molecular weight excluding hydrogens is 280 g/mol. The van der Waals surface area contributed by atoms with Crippen molar-refractivity contribution < 1.29 is 5.11 Å². The number of aliphatic hydroxyl groups excluding tert-OH is 1. The van der Waals surface area contributed by atoms with Crippen LogP contribution in [0.2, 0.25) is 0 Å². The van der Waals surface area contributed by atoms with Crippen molar-refractivity contribution >= 4 is 0 Å². The molecule has 0 bridgehead atoms. The molecule has 130 valence electrons. The summed E-state index contributed by atoms with van der Waals surface area (Å²) >= 11 is 0. The number of fused-ring (bicyclic) bond motifs is 5. The Morgan fingerprint density at radius 3 is 2.70 bits per heavy atom. The SMILES string of the molecule is CC[C@@H]1[C@@H](C)C[C@H]2[C@@H]3CC=C4C[C@@H](O)CC[C@]4(C)[C@H]3CC[C@]12C. The highest BCUT2D eigenvalue weighted by atomic mass is 16.3. The Kier molecular flexibility index (Phi) is 3.76. The standard InChI is InChI=1S/C22H36O/c1-5-18-14(2)12-20-17-7-6-15-13-16(23)8-10-21(15,3)19(17)9-11-22(18,20)4/h6,14,16-20,23H,5,7-13H2,1-4H3/t14-,16-,17+,18+,19-,20-,21-,22+/m0/s1. The van der Waals surface area contributed by atoms with E-state index >= 15 is 0 Å². The summed E-state index contributed by atoms with van der Waals surface area (Å²) in [6.07, 6.45) is 12.7. The molecule has 1 heteroatoms. The molecule has 0 aromatic heterocycles. The van der Waals surface area contributed by atoms with Gasteiger partial charge in [0.25, 0.3) is 0 Å². The second-order valence-electron chi connectivity index (χ2n) is 9.93. The van der Waals surface area contributed by atoms with Gasteiger partial charge in [-0.15, -0.1) is 0 Å². The van der Waals surface area contributed by atoms with Crippen LogP contribution in [0.25, 0.3) is 0 Å². The Hall–Kier alpha value is -0.300. The molecule has 1 N–H and O–H groups in total. The molecule has 0 aromatic rings. The lowest BCUT2D eigenvalue weighted by Crippen LogP contribution is -2.50. The average molecular weight is 317 g/mol. The van der Waals surface area contributed by atoms with Crippen molar-refractivity contribution in [2.45, 2.75) is 85.2 Å². The highest BCUT2D eigenvalue weighted by molar-refractivity contribution is 5.25. The Balaban J connectivity index is 1.67. The van der Waals surface area contributed by atoms with E-state index in [0.717, 1.165) is 42.4 Å². The van der Waals surface area contributed by atoms with Crippen LogP contribution >= 0.6 is 0 Å². The van der Waals surface area contributed by atoms with Crippen LogP contribution in [0.3, 0.4) is 0 Å². The van der Waals surface area contributed by atoms with Gasteiger partial charge in [0.1, 0.15) is 0 Å². The van der Waals surface area contributed by atoms with E-state index in [1.165, 1.54) is 38.5 Å². The Bertz CT molecular complexity index is 508. The summed E-state index contributed by atoms with van der Waals surface area (Å²) < 4.78 is 0. The largest absolute Gasteiger partial charge is 0.393 e. The minimum Gasteiger partial charge on any atom is -0.393 e. The molecule has 0 radical (unpaired) electrons. The van der Waals surface area contributed by atoms with Crippen LogP contribution in [0.5, 0.6) is 0 Å². The van der Waals surface area contributed by atoms with Crippen molar-refractivity contribution in [3.63, 3.8) is 0 Å². The average Bonchev–Trinajstić information content (AvgIpc) is 2.77. The number of aliphatic hydroxyl groups is 1. The fraction of sp³-hybridized carbons (Fsp3) is 0.909. The molecule has 23 heavy (non-hydrogen) atoms. The van der Waals surface area contributed by atoms with Crippen LogP contribution in [0.1, 0.15) is 79.1 Å². The van der Waals surface area contributed by atoms with Gasteiger partial charge in [-0.3, -0.25) is 0 Å². The third kappa shape index (κ3) is 2.14. The molecule has 4 aliphatic carbocycles. The minimum absolute atomic E-state index is 0.0734. The molecule has 4 rings (SSSR count). The number of hydrogen-bond donors (Lipinski definition) is 1. The predicted octanol–water partition coefficient (Wildman–Crippen LogP) is 5.58. The van der Waals surface area contributed by atoms with Gasteiger partial charge in [0, 0.05) is 0 Å². The maximum Gasteiger partial charge on any atom is 0.0577 e. The van der Waals surface area contributed by atoms with Crippen molar-refractivity contribution in [2.75, 3.05) is 0 Å². The van der Waals surface area contributed by atoms with Crippen molar-refractivity contribution in [1.29, 1.82) is 0 Å². The lowest BCUT2D eigenvalue weighted by molar-refractivity contribution is -0.0506. The van der Waals surface area contributed by atoms with Gasteiger partial charge >= 0.3 is 0 Å². The van der Waals surface area contributed by atoms with Gasteiger partial charge in [-0.05, 0) is 85.4 Å². The molecule has 3 fully saturated rings. The van der Waals surface area contributed by atoms with Gasteiger partial charge in [0.05, 0.1) is 6.10 Å². The summed E-state index contributed by atoms with van der Waals surface area (Å²) in [5, 5.41) is 10.1. The van der Waals surface area contributed by atoms with Gasteiger partial charge in [0.15, 0.2) is 0 Å². The van der Waals surface area contributed by atoms with Gasteiger partial charge in [-0.25, -0.2) is 0 Å². The van der Waals surface area contributed by atoms with Crippen LogP contribution in [0.15, 0.2) is 11.6 Å². The smallest absolute Gasteiger partial charge is 0.0577 e. The maximum atomic E-state index is 10.1. The van der Waals surface area contributed by atoms with E-state index in [1.807, 2.05) is 0 Å². The van der Waals surface area contributed by atoms with Gasteiger partial charge in [-0.2, -0.15) is 0 Å². The van der Waals surface area contributed by atoms with E-state index in [9.17, 15) is 5.11 Å². The third-order valence-electron chi connectivity index (χ3n) is 9.12. The Morgan fingerprint density at radius 2 is 1.96 bits per heavy atom. The molecule has 8 atom stereocenters. The zero-order valence-electron chi connectivity index (χ0n) is 15.6. The van der Waals surface area contributed by atoms with Crippen LogP contribution in [-0.4, -0.2) is 11.2 Å². The zero-order valence-corrected chi connectivity index (χ0v) is 15.6. The number of hydrogen-bond acceptors (Lipinski definition) is 1. The molecule has 0 aromatic carbocycles. The van der Waals surface area contributed by atoms with E-state index in [0.29, 0.717) is 10.8 Å². The molecule has 0 heterocycles. The normalized spacial score (nSPS) is 55.6. The Labute approximate surface area is 142 Å². The van der Waals surface area contributed by atoms with Gasteiger partial charge < -0.3 is 5.11 Å². The van der Waals surface area contributed by atoms with Crippen molar-refractivity contribution in [3.05, 3.63) is 11.6 Å². The summed E-state index contributed by atoms with van der Waals surface area (Å²) in [7, 11) is 0. The molecule has 0 unspecified atom stereocenters. The summed E-state index contributed by atoms with van der Waals surface area (Å²) in [6.45, 7) is 10.1. The number of allylic oxidation sites excluding steroid dienone is 1. The fourth-order valence-corrected chi connectivity index (χ4v) is 7.98. The van der Waals surface area contributed by atoms with Gasteiger partial charge in [-0.1, -0.05) is 45.8 Å². The van der Waals surface area contributed by atoms with Crippen LogP contribution in [0.4, 0.5) is 0 Å². The first-order chi connectivity index (χ1) is 10.9. The summed E-state index contributed by atoms with van der Waals surface area (Å²) in [4.78, 5) is 0. The minimum atomic E-state index is -0.0734. The molecule has 1 nitrogen and oxygen atoms in total. The Morgan fingerprint density at radius 1 is 1.17 bits per heavy atom. The highest BCUT2D eigenvalue weighted by Gasteiger charge is 2.59. The monoisotopic (exact) mass is 316 g/mol. The highest BCUT2D eigenvalue weighted by Crippen LogP contribution is 2.67. The van der Waals surface area contributed by atoms with Crippen molar-refractivity contribution in [3.8, 4) is 0 Å². The molecule has 0 saturated heterocycles. The predicted molar refractivity (Wildman–Crippen MR) is 96.0 cm³/mol. The molecular formula is C22H36O. The van der Waals surface area contributed by atoms with E-state index in [-0.39, 0.29) is 6.10 Å². The fourth-order valence-electron chi connectivity index (χ4n) is 7.98.